The molecule has 1 rings (SSSR count). The molecule has 0 radical (unpaired) electrons. The molecule has 90 valence electrons. The van der Waals surface area contributed by atoms with E-state index in [9.17, 15) is 5.11 Å². The third-order valence-electron chi connectivity index (χ3n) is 2.28. The Morgan fingerprint density at radius 2 is 1.94 bits per heavy atom. The summed E-state index contributed by atoms with van der Waals surface area (Å²) >= 11 is 5.97. The monoisotopic (exact) mass is 244 g/mol. The molecule has 0 saturated heterocycles. The second kappa shape index (κ2) is 5.04. The smallest absolute Gasteiger partial charge is 0.126 e. The summed E-state index contributed by atoms with van der Waals surface area (Å²) in [4.78, 5) is 0. The number of aliphatic hydroxyl groups is 1. The van der Waals surface area contributed by atoms with Gasteiger partial charge in [0.25, 0.3) is 0 Å². The molecular weight excluding hydrogens is 228 g/mol. The van der Waals surface area contributed by atoms with E-state index in [0.29, 0.717) is 22.9 Å². The predicted molar refractivity (Wildman–Crippen MR) is 64.0 cm³/mol. The largest absolute Gasteiger partial charge is 0.496 e. The summed E-state index contributed by atoms with van der Waals surface area (Å²) in [6.45, 7) is 3.80. The fraction of sp³-hybridized carbons (Fsp3) is 0.500. The van der Waals surface area contributed by atoms with Gasteiger partial charge < -0.3 is 14.6 Å². The molecule has 0 unspecified atom stereocenters. The van der Waals surface area contributed by atoms with Gasteiger partial charge in [-0.15, -0.1) is 0 Å². The molecular formula is C12H17ClO3. The molecule has 0 fully saturated rings. The first kappa shape index (κ1) is 13.3. The molecule has 0 aliphatic rings. The summed E-state index contributed by atoms with van der Waals surface area (Å²) in [6.07, 6.45) is 0. The van der Waals surface area contributed by atoms with Crippen molar-refractivity contribution in [3.8, 4) is 5.75 Å². The van der Waals surface area contributed by atoms with Crippen molar-refractivity contribution < 1.29 is 14.6 Å². The van der Waals surface area contributed by atoms with Crippen molar-refractivity contribution in [3.63, 3.8) is 0 Å². The Balaban J connectivity index is 3.39. The van der Waals surface area contributed by atoms with Crippen molar-refractivity contribution in [3.05, 3.63) is 28.3 Å². The maximum absolute atomic E-state index is 10.1. The predicted octanol–water partition coefficient (Wildman–Crippen LogP) is 2.72. The topological polar surface area (TPSA) is 38.7 Å². The Hall–Kier alpha value is -0.770. The van der Waals surface area contributed by atoms with Gasteiger partial charge in [0.15, 0.2) is 0 Å². The second-order valence-electron chi connectivity index (χ2n) is 4.13. The van der Waals surface area contributed by atoms with Crippen LogP contribution in [0, 0.1) is 0 Å². The summed E-state index contributed by atoms with van der Waals surface area (Å²) in [7, 11) is 3.15. The zero-order valence-corrected chi connectivity index (χ0v) is 10.8. The van der Waals surface area contributed by atoms with Crippen molar-refractivity contribution in [1.29, 1.82) is 0 Å². The average Bonchev–Trinajstić information content (AvgIpc) is 2.15. The van der Waals surface area contributed by atoms with E-state index in [-0.39, 0.29) is 0 Å². The van der Waals surface area contributed by atoms with E-state index >= 15 is 0 Å². The molecule has 1 aromatic rings. The third-order valence-corrected chi connectivity index (χ3v) is 2.50. The maximum atomic E-state index is 10.1. The van der Waals surface area contributed by atoms with Gasteiger partial charge in [0.1, 0.15) is 5.75 Å². The molecule has 0 bridgehead atoms. The van der Waals surface area contributed by atoms with Crippen LogP contribution in [0.15, 0.2) is 12.1 Å². The highest BCUT2D eigenvalue weighted by Crippen LogP contribution is 2.35. The van der Waals surface area contributed by atoms with E-state index in [1.165, 1.54) is 0 Å². The van der Waals surface area contributed by atoms with Crippen molar-refractivity contribution in [2.24, 2.45) is 0 Å². The molecule has 16 heavy (non-hydrogen) atoms. The Morgan fingerprint density at radius 3 is 2.38 bits per heavy atom. The molecule has 4 heteroatoms. The molecule has 1 aromatic carbocycles. The first-order valence-electron chi connectivity index (χ1n) is 4.98. The molecule has 0 aromatic heterocycles. The minimum atomic E-state index is -0.996. The number of halogens is 1. The number of benzene rings is 1. The van der Waals surface area contributed by atoms with Crippen LogP contribution in [-0.2, 0) is 16.9 Å². The number of rotatable bonds is 4. The van der Waals surface area contributed by atoms with Gasteiger partial charge in [0.05, 0.1) is 19.3 Å². The molecule has 0 aliphatic heterocycles. The van der Waals surface area contributed by atoms with Crippen molar-refractivity contribution >= 4 is 11.6 Å². The van der Waals surface area contributed by atoms with Crippen LogP contribution in [0.3, 0.4) is 0 Å². The quantitative estimate of drug-likeness (QED) is 0.885. The van der Waals surface area contributed by atoms with Gasteiger partial charge in [0.2, 0.25) is 0 Å². The van der Waals surface area contributed by atoms with Crippen molar-refractivity contribution in [2.45, 2.75) is 26.1 Å². The van der Waals surface area contributed by atoms with Crippen LogP contribution in [0.25, 0.3) is 0 Å². The van der Waals surface area contributed by atoms with E-state index in [4.69, 9.17) is 21.1 Å². The van der Waals surface area contributed by atoms with E-state index in [1.807, 2.05) is 0 Å². The van der Waals surface area contributed by atoms with Gasteiger partial charge in [-0.2, -0.15) is 0 Å². The Kier molecular flexibility index (Phi) is 4.19. The lowest BCUT2D eigenvalue weighted by Gasteiger charge is -2.24. The van der Waals surface area contributed by atoms with Gasteiger partial charge in [0, 0.05) is 17.7 Å². The Morgan fingerprint density at radius 1 is 1.31 bits per heavy atom. The van der Waals surface area contributed by atoms with Crippen LogP contribution in [0.1, 0.15) is 25.0 Å². The van der Waals surface area contributed by atoms with Gasteiger partial charge in [-0.1, -0.05) is 11.6 Å². The lowest BCUT2D eigenvalue weighted by atomic mass is 9.92. The van der Waals surface area contributed by atoms with E-state index in [2.05, 4.69) is 0 Å². The summed E-state index contributed by atoms with van der Waals surface area (Å²) in [5.74, 6) is 0.576. The summed E-state index contributed by atoms with van der Waals surface area (Å²) < 4.78 is 10.3. The normalized spacial score (nSPS) is 11.6. The van der Waals surface area contributed by atoms with Crippen LogP contribution in [0.4, 0.5) is 0 Å². The van der Waals surface area contributed by atoms with Gasteiger partial charge in [-0.3, -0.25) is 0 Å². The number of hydrogen-bond donors (Lipinski definition) is 1. The van der Waals surface area contributed by atoms with Crippen LogP contribution in [0.2, 0.25) is 5.02 Å². The standard InChI is InChI=1S/C12H17ClO3/c1-12(2,14)11-8(7-15-3)5-9(13)6-10(11)16-4/h5-6,14H,7H2,1-4H3. The first-order valence-corrected chi connectivity index (χ1v) is 5.36. The zero-order chi connectivity index (χ0) is 12.3. The zero-order valence-electron chi connectivity index (χ0n) is 10.0. The van der Waals surface area contributed by atoms with Gasteiger partial charge >= 0.3 is 0 Å². The van der Waals surface area contributed by atoms with E-state index in [0.717, 1.165) is 5.56 Å². The lowest BCUT2D eigenvalue weighted by molar-refractivity contribution is 0.0716. The highest BCUT2D eigenvalue weighted by atomic mass is 35.5. The third kappa shape index (κ3) is 2.88. The molecule has 3 nitrogen and oxygen atoms in total. The molecule has 0 amide bonds. The molecule has 0 atom stereocenters. The molecule has 0 aliphatic carbocycles. The van der Waals surface area contributed by atoms with Crippen LogP contribution >= 0.6 is 11.6 Å². The highest BCUT2D eigenvalue weighted by molar-refractivity contribution is 6.30. The fourth-order valence-corrected chi connectivity index (χ4v) is 1.99. The van der Waals surface area contributed by atoms with Crippen LogP contribution in [0.5, 0.6) is 5.75 Å². The summed E-state index contributed by atoms with van der Waals surface area (Å²) in [5.41, 5.74) is 0.546. The summed E-state index contributed by atoms with van der Waals surface area (Å²) in [6, 6.07) is 3.47. The Labute approximate surface area is 101 Å². The molecule has 1 N–H and O–H groups in total. The molecule has 0 spiro atoms. The van der Waals surface area contributed by atoms with Crippen LogP contribution in [-0.4, -0.2) is 19.3 Å². The van der Waals surface area contributed by atoms with Gasteiger partial charge in [-0.05, 0) is 31.5 Å². The van der Waals surface area contributed by atoms with Crippen molar-refractivity contribution in [1.82, 2.24) is 0 Å². The maximum Gasteiger partial charge on any atom is 0.126 e. The number of hydrogen-bond acceptors (Lipinski definition) is 3. The average molecular weight is 245 g/mol. The molecule has 0 heterocycles. The fourth-order valence-electron chi connectivity index (χ4n) is 1.76. The van der Waals surface area contributed by atoms with Crippen LogP contribution < -0.4 is 4.74 Å². The minimum absolute atomic E-state index is 0.385. The Bertz CT molecular complexity index is 369. The van der Waals surface area contributed by atoms with Gasteiger partial charge in [-0.25, -0.2) is 0 Å². The number of ether oxygens (including phenoxy) is 2. The minimum Gasteiger partial charge on any atom is -0.496 e. The highest BCUT2D eigenvalue weighted by Gasteiger charge is 2.25. The second-order valence-corrected chi connectivity index (χ2v) is 4.57. The SMILES string of the molecule is COCc1cc(Cl)cc(OC)c1C(C)(C)O. The lowest BCUT2D eigenvalue weighted by Crippen LogP contribution is -2.19. The number of methoxy groups -OCH3 is 2. The summed E-state index contributed by atoms with van der Waals surface area (Å²) in [5, 5.41) is 10.7. The molecule has 0 saturated carbocycles. The van der Waals surface area contributed by atoms with Crippen molar-refractivity contribution in [2.75, 3.05) is 14.2 Å². The van der Waals surface area contributed by atoms with E-state index < -0.39 is 5.60 Å². The first-order chi connectivity index (χ1) is 7.40. The van der Waals surface area contributed by atoms with E-state index in [1.54, 1.807) is 40.2 Å².